The van der Waals surface area contributed by atoms with Gasteiger partial charge in [-0.25, -0.2) is 0 Å². The Balaban J connectivity index is 0.000000143. The third kappa shape index (κ3) is 3.63. The van der Waals surface area contributed by atoms with E-state index in [1.807, 2.05) is 55.8 Å². The number of carbonyl (C=O) groups excluding carboxylic acids is 1. The van der Waals surface area contributed by atoms with E-state index >= 15 is 0 Å². The molecule has 24 heavy (non-hydrogen) atoms. The molecular weight excluding hydrogens is 302 g/mol. The molecule has 0 amide bonds. The number of aromatic nitrogens is 2. The molecule has 1 unspecified atom stereocenters. The molecule has 2 N–H and O–H groups in total. The number of carbonyl (C=O) groups is 1. The number of ether oxygens (including phenoxy) is 1. The summed E-state index contributed by atoms with van der Waals surface area (Å²) >= 11 is 0. The Morgan fingerprint density at radius 3 is 2.58 bits per heavy atom. The van der Waals surface area contributed by atoms with Crippen LogP contribution in [-0.2, 0) is 11.2 Å². The van der Waals surface area contributed by atoms with Gasteiger partial charge in [0, 0.05) is 30.9 Å². The predicted octanol–water partition coefficient (Wildman–Crippen LogP) is 3.31. The van der Waals surface area contributed by atoms with Gasteiger partial charge in [0.1, 0.15) is 5.75 Å². The summed E-state index contributed by atoms with van der Waals surface area (Å²) < 4.78 is 5.29. The van der Waals surface area contributed by atoms with E-state index in [1.54, 1.807) is 0 Å². The predicted molar refractivity (Wildman–Crippen MR) is 94.2 cm³/mol. The molecule has 4 rings (SSSR count). The van der Waals surface area contributed by atoms with Crippen molar-refractivity contribution >= 4 is 12.0 Å². The van der Waals surface area contributed by atoms with Gasteiger partial charge in [0.15, 0.2) is 12.4 Å². The van der Waals surface area contributed by atoms with Crippen LogP contribution in [0.5, 0.6) is 5.75 Å². The van der Waals surface area contributed by atoms with Gasteiger partial charge in [-0.1, -0.05) is 30.3 Å². The van der Waals surface area contributed by atoms with Gasteiger partial charge in [0.05, 0.1) is 6.20 Å². The largest absolute Gasteiger partial charge is 0.482 e. The molecule has 5 heteroatoms. The molecule has 1 aromatic heterocycles. The Bertz CT molecular complexity index is 758. The number of aromatic amines is 1. The molecule has 0 fully saturated rings. The van der Waals surface area contributed by atoms with Crippen LogP contribution in [0.4, 0.5) is 5.69 Å². The zero-order valence-electron chi connectivity index (χ0n) is 13.4. The molecular formula is C19H19N3O2. The van der Waals surface area contributed by atoms with E-state index < -0.39 is 0 Å². The topological polar surface area (TPSA) is 67.0 Å². The Kier molecular flexibility index (Phi) is 4.91. The van der Waals surface area contributed by atoms with E-state index in [2.05, 4.69) is 27.6 Å². The first-order chi connectivity index (χ1) is 11.8. The molecule has 5 nitrogen and oxygen atoms in total. The maximum absolute atomic E-state index is 10.4. The number of aldehydes is 1. The van der Waals surface area contributed by atoms with E-state index in [4.69, 9.17) is 4.74 Å². The maximum atomic E-state index is 10.4. The van der Waals surface area contributed by atoms with Crippen molar-refractivity contribution < 1.29 is 9.53 Å². The molecule has 0 bridgehead atoms. The van der Waals surface area contributed by atoms with Crippen molar-refractivity contribution in [2.75, 3.05) is 12.4 Å². The Hall–Kier alpha value is -3.08. The van der Waals surface area contributed by atoms with Gasteiger partial charge in [-0.3, -0.25) is 9.89 Å². The van der Waals surface area contributed by atoms with Crippen LogP contribution in [0, 0.1) is 0 Å². The number of H-pyrrole nitrogens is 1. The molecule has 0 spiro atoms. The van der Waals surface area contributed by atoms with Crippen LogP contribution in [0.1, 0.15) is 5.56 Å². The van der Waals surface area contributed by atoms with Crippen LogP contribution in [0.2, 0.25) is 0 Å². The van der Waals surface area contributed by atoms with Gasteiger partial charge in [0.25, 0.3) is 0 Å². The second-order valence-corrected chi connectivity index (χ2v) is 5.42. The zero-order valence-corrected chi connectivity index (χ0v) is 13.4. The third-order valence-electron chi connectivity index (χ3n) is 3.83. The molecule has 1 aliphatic rings. The molecule has 3 aromatic rings. The Morgan fingerprint density at radius 2 is 1.96 bits per heavy atom. The lowest BCUT2D eigenvalue weighted by Gasteiger charge is -2.00. The van der Waals surface area contributed by atoms with E-state index in [0.29, 0.717) is 0 Å². The maximum Gasteiger partial charge on any atom is 0.160 e. The van der Waals surface area contributed by atoms with Gasteiger partial charge in [-0.05, 0) is 29.3 Å². The molecule has 2 aromatic carbocycles. The molecule has 0 aliphatic carbocycles. The fraction of sp³-hybridized carbons (Fsp3) is 0.158. The van der Waals surface area contributed by atoms with Gasteiger partial charge in [-0.15, -0.1) is 0 Å². The van der Waals surface area contributed by atoms with Gasteiger partial charge >= 0.3 is 0 Å². The van der Waals surface area contributed by atoms with Crippen LogP contribution >= 0.6 is 0 Å². The second kappa shape index (κ2) is 7.46. The van der Waals surface area contributed by atoms with Crippen molar-refractivity contribution in [3.8, 4) is 16.9 Å². The number of fused-ring (bicyclic) bond motifs is 1. The van der Waals surface area contributed by atoms with Crippen molar-refractivity contribution in [1.82, 2.24) is 10.2 Å². The van der Waals surface area contributed by atoms with Crippen molar-refractivity contribution in [2.24, 2.45) is 0 Å². The number of hydrogen-bond acceptors (Lipinski definition) is 4. The summed E-state index contributed by atoms with van der Waals surface area (Å²) in [4.78, 5) is 10.4. The lowest BCUT2D eigenvalue weighted by Crippen LogP contribution is -2.13. The van der Waals surface area contributed by atoms with E-state index in [9.17, 15) is 4.79 Å². The van der Waals surface area contributed by atoms with Crippen molar-refractivity contribution in [3.63, 3.8) is 0 Å². The number of para-hydroxylation sites is 1. The first-order valence-corrected chi connectivity index (χ1v) is 7.77. The van der Waals surface area contributed by atoms with Crippen LogP contribution < -0.4 is 10.1 Å². The number of anilines is 1. The molecule has 1 atom stereocenters. The quantitative estimate of drug-likeness (QED) is 0.726. The monoisotopic (exact) mass is 321 g/mol. The van der Waals surface area contributed by atoms with Gasteiger partial charge < -0.3 is 10.1 Å². The first-order valence-electron chi connectivity index (χ1n) is 7.77. The van der Waals surface area contributed by atoms with E-state index in [-0.39, 0.29) is 6.10 Å². The number of benzene rings is 2. The summed E-state index contributed by atoms with van der Waals surface area (Å²) in [6.45, 7) is 0. The average Bonchev–Trinajstić information content (AvgIpc) is 3.31. The standard InChI is InChI=1S/C10H11N3.C9H8O2/c1-11-10-4-2-8(3-5-10)9-6-12-13-7-9;10-6-8-5-7-3-1-2-4-9(7)11-8/h2-7,11H,1H3,(H,12,13);1-4,6,8H,5H2. The SMILES string of the molecule is CNc1ccc(-c2cn[nH]c2)cc1.O=CC1Cc2ccccc2O1. The highest BCUT2D eigenvalue weighted by atomic mass is 16.5. The Labute approximate surface area is 140 Å². The summed E-state index contributed by atoms with van der Waals surface area (Å²) in [6.07, 6.45) is 5.01. The van der Waals surface area contributed by atoms with Gasteiger partial charge in [0.2, 0.25) is 0 Å². The summed E-state index contributed by atoms with van der Waals surface area (Å²) in [5.41, 5.74) is 4.53. The molecule has 0 radical (unpaired) electrons. The lowest BCUT2D eigenvalue weighted by atomic mass is 10.1. The van der Waals surface area contributed by atoms with E-state index in [0.717, 1.165) is 35.3 Å². The van der Waals surface area contributed by atoms with Crippen molar-refractivity contribution in [1.29, 1.82) is 0 Å². The van der Waals surface area contributed by atoms with Crippen LogP contribution in [-0.4, -0.2) is 29.6 Å². The average molecular weight is 321 g/mol. The fourth-order valence-electron chi connectivity index (χ4n) is 2.52. The number of nitrogens with zero attached hydrogens (tertiary/aromatic N) is 1. The van der Waals surface area contributed by atoms with Crippen LogP contribution in [0.15, 0.2) is 60.9 Å². The fourth-order valence-corrected chi connectivity index (χ4v) is 2.52. The highest BCUT2D eigenvalue weighted by Crippen LogP contribution is 2.26. The summed E-state index contributed by atoms with van der Waals surface area (Å²) in [5.74, 6) is 0.851. The lowest BCUT2D eigenvalue weighted by molar-refractivity contribution is -0.113. The number of hydrogen-bond donors (Lipinski definition) is 2. The van der Waals surface area contributed by atoms with Crippen LogP contribution in [0.3, 0.4) is 0 Å². The second-order valence-electron chi connectivity index (χ2n) is 5.42. The zero-order chi connectivity index (χ0) is 16.8. The highest BCUT2D eigenvalue weighted by molar-refractivity contribution is 5.64. The van der Waals surface area contributed by atoms with Crippen molar-refractivity contribution in [2.45, 2.75) is 12.5 Å². The van der Waals surface area contributed by atoms with Crippen molar-refractivity contribution in [3.05, 3.63) is 66.5 Å². The molecule has 1 aliphatic heterocycles. The Morgan fingerprint density at radius 1 is 1.17 bits per heavy atom. The molecule has 122 valence electrons. The summed E-state index contributed by atoms with van der Waals surface area (Å²) in [5, 5.41) is 9.77. The molecule has 0 saturated carbocycles. The minimum Gasteiger partial charge on any atom is -0.482 e. The molecule has 0 saturated heterocycles. The minimum atomic E-state index is -0.257. The summed E-state index contributed by atoms with van der Waals surface area (Å²) in [6, 6.07) is 16.0. The summed E-state index contributed by atoms with van der Waals surface area (Å²) in [7, 11) is 1.91. The van der Waals surface area contributed by atoms with E-state index in [1.165, 1.54) is 5.56 Å². The highest BCUT2D eigenvalue weighted by Gasteiger charge is 2.20. The van der Waals surface area contributed by atoms with Crippen LogP contribution in [0.25, 0.3) is 11.1 Å². The number of nitrogens with one attached hydrogen (secondary N) is 2. The van der Waals surface area contributed by atoms with Gasteiger partial charge in [-0.2, -0.15) is 5.10 Å². The first kappa shape index (κ1) is 15.8. The number of rotatable bonds is 3. The minimum absolute atomic E-state index is 0.257. The molecule has 2 heterocycles. The normalized spacial score (nSPS) is 14.8. The third-order valence-corrected chi connectivity index (χ3v) is 3.83. The smallest absolute Gasteiger partial charge is 0.160 e.